The Morgan fingerprint density at radius 1 is 1.11 bits per heavy atom. The van der Waals surface area contributed by atoms with Gasteiger partial charge in [-0.25, -0.2) is 0 Å². The van der Waals surface area contributed by atoms with Gasteiger partial charge in [-0.3, -0.25) is 9.12 Å². The molecule has 0 bridgehead atoms. The molecule has 0 rings (SSSR count). The van der Waals surface area contributed by atoms with E-state index in [0.29, 0.717) is 12.8 Å². The molecule has 1 unspecified atom stereocenters. The van der Waals surface area contributed by atoms with Gasteiger partial charge in [0, 0.05) is 6.16 Å². The lowest BCUT2D eigenvalue weighted by Gasteiger charge is -2.09. The van der Waals surface area contributed by atoms with Gasteiger partial charge in [-0.05, 0) is 20.3 Å². The highest BCUT2D eigenvalue weighted by atomic mass is 32.2. The van der Waals surface area contributed by atoms with Crippen LogP contribution in [0.3, 0.4) is 0 Å². The Morgan fingerprint density at radius 2 is 1.61 bits per heavy atom. The zero-order chi connectivity index (χ0) is 14.7. The topological polar surface area (TPSA) is 101 Å². The number of rotatable bonds is 8. The van der Waals surface area contributed by atoms with E-state index in [2.05, 4.69) is 6.92 Å². The maximum absolute atomic E-state index is 11.1. The molecular formula is C10H25O6PS. The van der Waals surface area contributed by atoms with Crippen LogP contribution >= 0.6 is 7.60 Å². The molecule has 0 radical (unpaired) electrons. The molecule has 0 aliphatic heterocycles. The van der Waals surface area contributed by atoms with E-state index in [0.717, 1.165) is 25.7 Å². The van der Waals surface area contributed by atoms with E-state index < -0.39 is 17.7 Å². The van der Waals surface area contributed by atoms with Crippen LogP contribution in [0.4, 0.5) is 0 Å². The van der Waals surface area contributed by atoms with Gasteiger partial charge >= 0.3 is 7.60 Å². The van der Waals surface area contributed by atoms with Crippen molar-refractivity contribution in [1.82, 2.24) is 0 Å². The second-order valence-corrected chi connectivity index (χ2v) is 7.43. The van der Waals surface area contributed by atoms with E-state index >= 15 is 0 Å². The molecule has 0 amide bonds. The van der Waals surface area contributed by atoms with Gasteiger partial charge in [-0.1, -0.05) is 26.2 Å². The highest BCUT2D eigenvalue weighted by molar-refractivity contribution is 7.85. The molecule has 0 saturated heterocycles. The molecule has 0 saturated carbocycles. The Labute approximate surface area is 110 Å². The van der Waals surface area contributed by atoms with Gasteiger partial charge in [-0.15, -0.1) is 0 Å². The van der Waals surface area contributed by atoms with Crippen molar-refractivity contribution >= 4 is 17.7 Å². The Morgan fingerprint density at radius 3 is 1.94 bits per heavy atom. The summed E-state index contributed by atoms with van der Waals surface area (Å²) in [6.45, 7) is 5.53. The van der Waals surface area contributed by atoms with E-state index in [1.165, 1.54) is 6.92 Å². The van der Waals surface area contributed by atoms with Crippen LogP contribution in [0.2, 0.25) is 0 Å². The highest BCUT2D eigenvalue weighted by Gasteiger charge is 2.16. The molecule has 0 aliphatic rings. The zero-order valence-electron chi connectivity index (χ0n) is 11.3. The minimum atomic E-state index is -3.66. The number of unbranched alkanes of at least 4 members (excludes halogenated alkanes) is 3. The zero-order valence-corrected chi connectivity index (χ0v) is 13.0. The summed E-state index contributed by atoms with van der Waals surface area (Å²) >= 11 is 0. The monoisotopic (exact) mass is 304 g/mol. The largest absolute Gasteiger partial charge is 0.328 e. The second-order valence-electron chi connectivity index (χ2n) is 3.71. The van der Waals surface area contributed by atoms with Gasteiger partial charge in [0.15, 0.2) is 0 Å². The normalized spacial score (nSPS) is 14.5. The third-order valence-corrected chi connectivity index (χ3v) is 4.26. The van der Waals surface area contributed by atoms with Crippen LogP contribution in [-0.2, 0) is 19.2 Å². The molecule has 0 spiro atoms. The third-order valence-electron chi connectivity index (χ3n) is 1.99. The summed E-state index contributed by atoms with van der Waals surface area (Å²) in [7, 11) is -6.89. The molecule has 0 aromatic rings. The van der Waals surface area contributed by atoms with Crippen LogP contribution in [0.1, 0.15) is 46.5 Å². The van der Waals surface area contributed by atoms with Gasteiger partial charge in [0.05, 0.1) is 12.4 Å². The number of hydrogen-bond acceptors (Lipinski definition) is 4. The Balaban J connectivity index is 0. The van der Waals surface area contributed by atoms with Crippen molar-refractivity contribution in [2.45, 2.75) is 46.5 Å². The molecule has 112 valence electrons. The summed E-state index contributed by atoms with van der Waals surface area (Å²) in [4.78, 5) is 9.15. The average molecular weight is 304 g/mol. The smallest absolute Gasteiger partial charge is 0.324 e. The first-order valence-electron chi connectivity index (χ1n) is 6.10. The summed E-state index contributed by atoms with van der Waals surface area (Å²) in [5, 5.41) is 0. The lowest BCUT2D eigenvalue weighted by molar-refractivity contribution is 0.273. The maximum Gasteiger partial charge on any atom is 0.328 e. The summed E-state index contributed by atoms with van der Waals surface area (Å²) < 4.78 is 42.7. The SMILES string of the molecule is CCCCCCP(=O)(O)OCC.CCS(=O)(=O)O. The Kier molecular flexibility index (Phi) is 12.4. The number of hydrogen-bond donors (Lipinski definition) is 2. The summed E-state index contributed by atoms with van der Waals surface area (Å²) in [6, 6.07) is 0. The molecule has 18 heavy (non-hydrogen) atoms. The van der Waals surface area contributed by atoms with Crippen molar-refractivity contribution < 1.29 is 27.0 Å². The molecule has 0 aromatic carbocycles. The van der Waals surface area contributed by atoms with Crippen LogP contribution < -0.4 is 0 Å². The van der Waals surface area contributed by atoms with Crippen molar-refractivity contribution in [3.8, 4) is 0 Å². The van der Waals surface area contributed by atoms with E-state index in [-0.39, 0.29) is 5.75 Å². The molecular weight excluding hydrogens is 279 g/mol. The first-order valence-corrected chi connectivity index (χ1v) is 9.47. The third kappa shape index (κ3) is 18.4. The molecule has 2 N–H and O–H groups in total. The van der Waals surface area contributed by atoms with Crippen molar-refractivity contribution in [1.29, 1.82) is 0 Å². The standard InChI is InChI=1S/C8H19O3P.C2H6O3S/c1-3-5-6-7-8-12(9,10)11-4-2;1-2-6(3,4)5/h3-8H2,1-2H3,(H,9,10);2H2,1H3,(H,3,4,5). The van der Waals surface area contributed by atoms with E-state index in [4.69, 9.17) is 14.0 Å². The molecule has 6 nitrogen and oxygen atoms in total. The van der Waals surface area contributed by atoms with E-state index in [1.807, 2.05) is 0 Å². The summed E-state index contributed by atoms with van der Waals surface area (Å²) in [5.41, 5.74) is 0. The molecule has 0 fully saturated rings. The summed E-state index contributed by atoms with van der Waals surface area (Å²) in [5.74, 6) is -0.201. The van der Waals surface area contributed by atoms with Crippen LogP contribution in [0.5, 0.6) is 0 Å². The quantitative estimate of drug-likeness (QED) is 0.406. The minimum Gasteiger partial charge on any atom is -0.324 e. The Bertz CT molecular complexity index is 327. The molecule has 0 aliphatic carbocycles. The van der Waals surface area contributed by atoms with E-state index in [1.54, 1.807) is 6.92 Å². The average Bonchev–Trinajstić information content (AvgIpc) is 2.24. The van der Waals surface area contributed by atoms with Gasteiger partial charge < -0.3 is 9.42 Å². The predicted octanol–water partition coefficient (Wildman–Crippen LogP) is 2.68. The van der Waals surface area contributed by atoms with E-state index in [9.17, 15) is 13.0 Å². The lowest BCUT2D eigenvalue weighted by atomic mass is 10.2. The fraction of sp³-hybridized carbons (Fsp3) is 1.00. The predicted molar refractivity (Wildman–Crippen MR) is 72.5 cm³/mol. The van der Waals surface area contributed by atoms with Crippen molar-refractivity contribution in [2.24, 2.45) is 0 Å². The molecule has 0 aromatic heterocycles. The second kappa shape index (κ2) is 10.9. The molecule has 8 heteroatoms. The molecule has 0 heterocycles. The van der Waals surface area contributed by atoms with Gasteiger partial charge in [0.1, 0.15) is 0 Å². The first-order chi connectivity index (χ1) is 8.18. The highest BCUT2D eigenvalue weighted by Crippen LogP contribution is 2.42. The first kappa shape index (κ1) is 20.4. The maximum atomic E-state index is 11.1. The minimum absolute atomic E-state index is 0.201. The van der Waals surface area contributed by atoms with Crippen molar-refractivity contribution in [3.05, 3.63) is 0 Å². The lowest BCUT2D eigenvalue weighted by Crippen LogP contribution is -1.97. The fourth-order valence-corrected chi connectivity index (χ4v) is 2.16. The van der Waals surface area contributed by atoms with Crippen LogP contribution in [0.15, 0.2) is 0 Å². The van der Waals surface area contributed by atoms with Crippen LogP contribution in [-0.4, -0.2) is 36.4 Å². The fourth-order valence-electron chi connectivity index (χ4n) is 1.00. The Hall–Kier alpha value is 0.0600. The van der Waals surface area contributed by atoms with Gasteiger partial charge in [-0.2, -0.15) is 8.42 Å². The van der Waals surface area contributed by atoms with Crippen molar-refractivity contribution in [2.75, 3.05) is 18.5 Å². The van der Waals surface area contributed by atoms with Gasteiger partial charge in [0.2, 0.25) is 0 Å². The van der Waals surface area contributed by atoms with Gasteiger partial charge in [0.25, 0.3) is 10.1 Å². The van der Waals surface area contributed by atoms with Crippen LogP contribution in [0.25, 0.3) is 0 Å². The molecule has 1 atom stereocenters. The summed E-state index contributed by atoms with van der Waals surface area (Å²) in [6.07, 6.45) is 4.40. The van der Waals surface area contributed by atoms with Crippen LogP contribution in [0, 0.1) is 0 Å². The van der Waals surface area contributed by atoms with Crippen molar-refractivity contribution in [3.63, 3.8) is 0 Å².